The fourth-order valence-corrected chi connectivity index (χ4v) is 3.63. The predicted octanol–water partition coefficient (Wildman–Crippen LogP) is 4.67. The molecule has 0 aromatic heterocycles. The smallest absolute Gasteiger partial charge is 0.0386 e. The van der Waals surface area contributed by atoms with Crippen molar-refractivity contribution in [3.8, 4) is 0 Å². The normalized spacial score (nSPS) is 27.4. The van der Waals surface area contributed by atoms with Crippen LogP contribution in [0.1, 0.15) is 51.9 Å². The van der Waals surface area contributed by atoms with Gasteiger partial charge in [0, 0.05) is 30.5 Å². The molecule has 1 heterocycles. The summed E-state index contributed by atoms with van der Waals surface area (Å²) < 4.78 is 0. The third-order valence-corrected chi connectivity index (χ3v) is 4.95. The summed E-state index contributed by atoms with van der Waals surface area (Å²) in [6.07, 6.45) is 9.52. The first-order chi connectivity index (χ1) is 9.81. The molecule has 110 valence electrons. The first-order valence-corrected chi connectivity index (χ1v) is 8.43. The molecule has 2 atom stereocenters. The second kappa shape index (κ2) is 6.51. The van der Waals surface area contributed by atoms with Crippen LogP contribution in [-0.4, -0.2) is 19.1 Å². The molecule has 2 fully saturated rings. The zero-order valence-corrected chi connectivity index (χ0v) is 12.8. The average molecular weight is 272 g/mol. The number of nitrogens with one attached hydrogen (secondary N) is 1. The van der Waals surface area contributed by atoms with Crippen LogP contribution >= 0.6 is 0 Å². The minimum atomic E-state index is 0.675. The summed E-state index contributed by atoms with van der Waals surface area (Å²) in [7, 11) is 0. The van der Waals surface area contributed by atoms with Crippen molar-refractivity contribution in [1.29, 1.82) is 0 Å². The Labute approximate surface area is 123 Å². The van der Waals surface area contributed by atoms with Gasteiger partial charge in [-0.25, -0.2) is 0 Å². The van der Waals surface area contributed by atoms with Crippen molar-refractivity contribution in [3.63, 3.8) is 0 Å². The van der Waals surface area contributed by atoms with E-state index in [0.29, 0.717) is 6.04 Å². The SMILES string of the molecule is CC1CCCC(Nc2cccc(N3CCCC3)c2)CC1. The van der Waals surface area contributed by atoms with E-state index in [1.165, 1.54) is 69.4 Å². The molecule has 1 aliphatic carbocycles. The van der Waals surface area contributed by atoms with Crippen molar-refractivity contribution < 1.29 is 0 Å². The molecule has 1 saturated heterocycles. The van der Waals surface area contributed by atoms with Crippen molar-refractivity contribution in [3.05, 3.63) is 24.3 Å². The maximum Gasteiger partial charge on any atom is 0.0386 e. The van der Waals surface area contributed by atoms with Gasteiger partial charge in [0.25, 0.3) is 0 Å². The van der Waals surface area contributed by atoms with Crippen molar-refractivity contribution in [2.24, 2.45) is 5.92 Å². The Kier molecular flexibility index (Phi) is 4.49. The fourth-order valence-electron chi connectivity index (χ4n) is 3.63. The van der Waals surface area contributed by atoms with Gasteiger partial charge in [-0.1, -0.05) is 25.8 Å². The zero-order valence-electron chi connectivity index (χ0n) is 12.8. The van der Waals surface area contributed by atoms with Gasteiger partial charge >= 0.3 is 0 Å². The number of nitrogens with zero attached hydrogens (tertiary/aromatic N) is 1. The fraction of sp³-hybridized carbons (Fsp3) is 0.667. The summed E-state index contributed by atoms with van der Waals surface area (Å²) in [5.41, 5.74) is 2.71. The van der Waals surface area contributed by atoms with E-state index in [4.69, 9.17) is 0 Å². The quantitative estimate of drug-likeness (QED) is 0.805. The van der Waals surface area contributed by atoms with Gasteiger partial charge in [-0.05, 0) is 56.2 Å². The van der Waals surface area contributed by atoms with Crippen LogP contribution in [0.3, 0.4) is 0 Å². The molecule has 0 bridgehead atoms. The number of hydrogen-bond acceptors (Lipinski definition) is 2. The molecule has 2 aliphatic rings. The molecule has 2 nitrogen and oxygen atoms in total. The maximum atomic E-state index is 3.78. The summed E-state index contributed by atoms with van der Waals surface area (Å²) in [5.74, 6) is 0.915. The number of anilines is 2. The van der Waals surface area contributed by atoms with Crippen LogP contribution < -0.4 is 10.2 Å². The third-order valence-electron chi connectivity index (χ3n) is 4.95. The molecule has 2 unspecified atom stereocenters. The van der Waals surface area contributed by atoms with Crippen LogP contribution in [0, 0.1) is 5.92 Å². The predicted molar refractivity (Wildman–Crippen MR) is 87.5 cm³/mol. The number of benzene rings is 1. The van der Waals surface area contributed by atoms with Crippen LogP contribution in [0.2, 0.25) is 0 Å². The molecule has 1 saturated carbocycles. The maximum absolute atomic E-state index is 3.78. The van der Waals surface area contributed by atoms with Gasteiger partial charge in [0.1, 0.15) is 0 Å². The van der Waals surface area contributed by atoms with Gasteiger partial charge < -0.3 is 10.2 Å². The van der Waals surface area contributed by atoms with E-state index in [0.717, 1.165) is 5.92 Å². The molecule has 1 aliphatic heterocycles. The van der Waals surface area contributed by atoms with Crippen LogP contribution in [0.5, 0.6) is 0 Å². The average Bonchev–Trinajstić information content (AvgIpc) is 2.92. The lowest BCUT2D eigenvalue weighted by atomic mass is 10.0. The Balaban J connectivity index is 1.63. The Morgan fingerprint density at radius 3 is 2.70 bits per heavy atom. The van der Waals surface area contributed by atoms with E-state index >= 15 is 0 Å². The standard InChI is InChI=1S/C18H28N2/c1-15-6-4-7-16(11-10-15)19-17-8-5-9-18(14-17)20-12-2-3-13-20/h5,8-9,14-16,19H,2-4,6-7,10-13H2,1H3. The first-order valence-electron chi connectivity index (χ1n) is 8.43. The van der Waals surface area contributed by atoms with Gasteiger partial charge in [-0.15, -0.1) is 0 Å². The van der Waals surface area contributed by atoms with E-state index in [1.54, 1.807) is 0 Å². The highest BCUT2D eigenvalue weighted by Crippen LogP contribution is 2.27. The Morgan fingerprint density at radius 2 is 1.85 bits per heavy atom. The highest BCUT2D eigenvalue weighted by Gasteiger charge is 2.17. The lowest BCUT2D eigenvalue weighted by molar-refractivity contribution is 0.502. The molecule has 0 amide bonds. The zero-order chi connectivity index (χ0) is 13.8. The third kappa shape index (κ3) is 3.47. The molecule has 1 aromatic carbocycles. The van der Waals surface area contributed by atoms with Gasteiger partial charge in [0.2, 0.25) is 0 Å². The van der Waals surface area contributed by atoms with E-state index in [-0.39, 0.29) is 0 Å². The molecule has 0 spiro atoms. The largest absolute Gasteiger partial charge is 0.382 e. The number of hydrogen-bond donors (Lipinski definition) is 1. The molecule has 1 aromatic rings. The lowest BCUT2D eigenvalue weighted by Gasteiger charge is -2.21. The Bertz CT molecular complexity index is 423. The van der Waals surface area contributed by atoms with Gasteiger partial charge in [-0.2, -0.15) is 0 Å². The summed E-state index contributed by atoms with van der Waals surface area (Å²) in [6.45, 7) is 4.85. The Morgan fingerprint density at radius 1 is 1.00 bits per heavy atom. The highest BCUT2D eigenvalue weighted by molar-refractivity contribution is 5.58. The van der Waals surface area contributed by atoms with Crippen molar-refractivity contribution in [2.45, 2.75) is 57.9 Å². The van der Waals surface area contributed by atoms with Crippen LogP contribution in [0.25, 0.3) is 0 Å². The molecule has 20 heavy (non-hydrogen) atoms. The highest BCUT2D eigenvalue weighted by atomic mass is 15.1. The topological polar surface area (TPSA) is 15.3 Å². The van der Waals surface area contributed by atoms with E-state index in [2.05, 4.69) is 41.4 Å². The monoisotopic (exact) mass is 272 g/mol. The van der Waals surface area contributed by atoms with Crippen LogP contribution in [-0.2, 0) is 0 Å². The first kappa shape index (κ1) is 13.8. The van der Waals surface area contributed by atoms with Crippen molar-refractivity contribution in [1.82, 2.24) is 0 Å². The molecule has 2 heteroatoms. The molecular weight excluding hydrogens is 244 g/mol. The van der Waals surface area contributed by atoms with Crippen LogP contribution in [0.4, 0.5) is 11.4 Å². The van der Waals surface area contributed by atoms with Crippen molar-refractivity contribution in [2.75, 3.05) is 23.3 Å². The lowest BCUT2D eigenvalue weighted by Crippen LogP contribution is -2.20. The minimum absolute atomic E-state index is 0.675. The van der Waals surface area contributed by atoms with Gasteiger partial charge in [0.05, 0.1) is 0 Å². The van der Waals surface area contributed by atoms with E-state index < -0.39 is 0 Å². The molecule has 3 rings (SSSR count). The summed E-state index contributed by atoms with van der Waals surface area (Å²) >= 11 is 0. The van der Waals surface area contributed by atoms with Crippen molar-refractivity contribution >= 4 is 11.4 Å². The summed E-state index contributed by atoms with van der Waals surface area (Å²) in [4.78, 5) is 2.51. The van der Waals surface area contributed by atoms with E-state index in [1.807, 2.05) is 0 Å². The Hall–Kier alpha value is -1.18. The number of rotatable bonds is 3. The molecular formula is C18H28N2. The van der Waals surface area contributed by atoms with Gasteiger partial charge in [-0.3, -0.25) is 0 Å². The van der Waals surface area contributed by atoms with Crippen LogP contribution in [0.15, 0.2) is 24.3 Å². The summed E-state index contributed by atoms with van der Waals surface area (Å²) in [5, 5.41) is 3.78. The second-order valence-corrected chi connectivity index (χ2v) is 6.70. The van der Waals surface area contributed by atoms with Gasteiger partial charge in [0.15, 0.2) is 0 Å². The minimum Gasteiger partial charge on any atom is -0.382 e. The second-order valence-electron chi connectivity index (χ2n) is 6.70. The summed E-state index contributed by atoms with van der Waals surface area (Å²) in [6, 6.07) is 9.71. The molecule has 0 radical (unpaired) electrons. The van der Waals surface area contributed by atoms with E-state index in [9.17, 15) is 0 Å². The molecule has 1 N–H and O–H groups in total.